The van der Waals surface area contributed by atoms with Gasteiger partial charge in [0.2, 0.25) is 11.8 Å². The zero-order valence-electron chi connectivity index (χ0n) is 14.7. The molecule has 0 aliphatic carbocycles. The number of rotatable bonds is 9. The Balaban J connectivity index is 1.63. The Morgan fingerprint density at radius 1 is 1.37 bits per heavy atom. The van der Waals surface area contributed by atoms with Gasteiger partial charge in [-0.3, -0.25) is 14.5 Å². The number of ether oxygens (including phenoxy) is 2. The van der Waals surface area contributed by atoms with Gasteiger partial charge in [-0.15, -0.1) is 11.3 Å². The number of aromatic nitrogens is 4. The highest BCUT2D eigenvalue weighted by Gasteiger charge is 2.13. The van der Waals surface area contributed by atoms with Crippen LogP contribution in [0.5, 0.6) is 5.88 Å². The van der Waals surface area contributed by atoms with Crippen LogP contribution in [0.1, 0.15) is 6.42 Å². The topological polar surface area (TPSA) is 94.1 Å². The third-order valence-electron chi connectivity index (χ3n) is 3.63. The minimum Gasteiger partial charge on any atom is -0.474 e. The molecule has 0 saturated heterocycles. The molecule has 0 aliphatic heterocycles. The largest absolute Gasteiger partial charge is 0.474 e. The van der Waals surface area contributed by atoms with Crippen molar-refractivity contribution in [2.75, 3.05) is 25.6 Å². The third-order valence-corrected chi connectivity index (χ3v) is 4.81. The molecule has 0 fully saturated rings. The molecule has 1 amide bonds. The van der Waals surface area contributed by atoms with E-state index >= 15 is 0 Å². The van der Waals surface area contributed by atoms with E-state index in [4.69, 9.17) is 21.7 Å². The highest BCUT2D eigenvalue weighted by Crippen LogP contribution is 2.23. The summed E-state index contributed by atoms with van der Waals surface area (Å²) in [6.07, 6.45) is 1.84. The van der Waals surface area contributed by atoms with Crippen molar-refractivity contribution in [3.63, 3.8) is 0 Å². The number of H-pyrrole nitrogens is 1. The van der Waals surface area contributed by atoms with Crippen LogP contribution in [0.4, 0.5) is 5.69 Å². The molecule has 0 bridgehead atoms. The van der Waals surface area contributed by atoms with Gasteiger partial charge in [0.25, 0.3) is 0 Å². The van der Waals surface area contributed by atoms with Crippen LogP contribution < -0.4 is 10.1 Å². The van der Waals surface area contributed by atoms with Crippen LogP contribution in [-0.2, 0) is 16.1 Å². The van der Waals surface area contributed by atoms with Crippen LogP contribution in [0.25, 0.3) is 10.7 Å². The van der Waals surface area contributed by atoms with Crippen LogP contribution in [0.2, 0.25) is 0 Å². The lowest BCUT2D eigenvalue weighted by Gasteiger charge is -2.11. The fraction of sp³-hybridized carbons (Fsp3) is 0.294. The molecule has 10 heteroatoms. The lowest BCUT2D eigenvalue weighted by atomic mass is 10.3. The summed E-state index contributed by atoms with van der Waals surface area (Å²) < 4.78 is 12.8. The maximum atomic E-state index is 12.4. The van der Waals surface area contributed by atoms with Crippen LogP contribution in [0.15, 0.2) is 35.8 Å². The minimum atomic E-state index is -0.167. The van der Waals surface area contributed by atoms with E-state index < -0.39 is 0 Å². The molecule has 0 aliphatic rings. The normalized spacial score (nSPS) is 10.7. The zero-order valence-corrected chi connectivity index (χ0v) is 16.3. The maximum absolute atomic E-state index is 12.4. The quantitative estimate of drug-likeness (QED) is 0.420. The summed E-state index contributed by atoms with van der Waals surface area (Å²) in [4.78, 5) is 17.5. The van der Waals surface area contributed by atoms with Gasteiger partial charge < -0.3 is 14.8 Å². The highest BCUT2D eigenvalue weighted by molar-refractivity contribution is 7.71. The number of nitrogens with one attached hydrogen (secondary N) is 2. The van der Waals surface area contributed by atoms with Crippen LogP contribution in [0.3, 0.4) is 0 Å². The first kappa shape index (κ1) is 19.2. The maximum Gasteiger partial charge on any atom is 0.237 e. The average Bonchev–Trinajstić information content (AvgIpc) is 3.31. The molecule has 27 heavy (non-hydrogen) atoms. The van der Waals surface area contributed by atoms with Crippen molar-refractivity contribution >= 4 is 35.1 Å². The Kier molecular flexibility index (Phi) is 6.69. The molecular weight excluding hydrogens is 386 g/mol. The molecule has 3 heterocycles. The monoisotopic (exact) mass is 405 g/mol. The van der Waals surface area contributed by atoms with Crippen LogP contribution in [0, 0.1) is 4.77 Å². The van der Waals surface area contributed by atoms with Gasteiger partial charge in [0.15, 0.2) is 10.6 Å². The Hall–Kier alpha value is -2.56. The zero-order chi connectivity index (χ0) is 19.1. The van der Waals surface area contributed by atoms with Gasteiger partial charge in [-0.05, 0) is 35.8 Å². The van der Waals surface area contributed by atoms with E-state index in [1.807, 2.05) is 22.1 Å². The van der Waals surface area contributed by atoms with Gasteiger partial charge >= 0.3 is 0 Å². The van der Waals surface area contributed by atoms with Crippen molar-refractivity contribution in [3.8, 4) is 16.6 Å². The average molecular weight is 406 g/mol. The first-order valence-electron chi connectivity index (χ1n) is 8.24. The number of methoxy groups -OCH3 is 1. The molecule has 0 saturated carbocycles. The predicted molar refractivity (Wildman–Crippen MR) is 106 cm³/mol. The Labute approximate surface area is 165 Å². The summed E-state index contributed by atoms with van der Waals surface area (Å²) in [7, 11) is 1.59. The summed E-state index contributed by atoms with van der Waals surface area (Å²) in [6, 6.07) is 7.39. The van der Waals surface area contributed by atoms with Crippen molar-refractivity contribution in [1.82, 2.24) is 19.7 Å². The van der Waals surface area contributed by atoms with Crippen molar-refractivity contribution in [1.29, 1.82) is 0 Å². The smallest absolute Gasteiger partial charge is 0.237 e. The van der Waals surface area contributed by atoms with E-state index in [0.717, 1.165) is 10.7 Å². The first-order chi connectivity index (χ1) is 13.2. The van der Waals surface area contributed by atoms with Gasteiger partial charge in [-0.25, -0.2) is 4.98 Å². The van der Waals surface area contributed by atoms with Gasteiger partial charge in [0.1, 0.15) is 12.3 Å². The summed E-state index contributed by atoms with van der Waals surface area (Å²) in [5.41, 5.74) is 0.521. The Morgan fingerprint density at radius 3 is 3.04 bits per heavy atom. The van der Waals surface area contributed by atoms with E-state index in [1.54, 1.807) is 36.8 Å². The summed E-state index contributed by atoms with van der Waals surface area (Å²) in [5, 5.41) is 11.8. The summed E-state index contributed by atoms with van der Waals surface area (Å²) in [5.74, 6) is 0.926. The summed E-state index contributed by atoms with van der Waals surface area (Å²) in [6.45, 7) is 1.20. The number of aromatic amines is 1. The van der Waals surface area contributed by atoms with Gasteiger partial charge in [-0.2, -0.15) is 5.10 Å². The Morgan fingerprint density at radius 2 is 2.26 bits per heavy atom. The number of hydrogen-bond donors (Lipinski definition) is 2. The molecule has 3 aromatic heterocycles. The first-order valence-corrected chi connectivity index (χ1v) is 9.53. The van der Waals surface area contributed by atoms with Crippen LogP contribution in [-0.4, -0.2) is 46.0 Å². The number of anilines is 1. The second kappa shape index (κ2) is 9.40. The summed E-state index contributed by atoms with van der Waals surface area (Å²) >= 11 is 6.85. The fourth-order valence-electron chi connectivity index (χ4n) is 2.37. The minimum absolute atomic E-state index is 0.167. The van der Waals surface area contributed by atoms with E-state index in [1.165, 1.54) is 0 Å². The second-order valence-corrected chi connectivity index (χ2v) is 6.81. The van der Waals surface area contributed by atoms with Crippen molar-refractivity contribution in [3.05, 3.63) is 40.6 Å². The Bertz CT molecular complexity index is 936. The molecule has 3 rings (SSSR count). The van der Waals surface area contributed by atoms with Crippen molar-refractivity contribution in [2.45, 2.75) is 13.0 Å². The SMILES string of the molecule is COCCOc1ncccc1NC(=O)CCn1c(-c2cccs2)n[nH]c1=S. The highest BCUT2D eigenvalue weighted by atomic mass is 32.1. The molecule has 0 radical (unpaired) electrons. The molecule has 0 unspecified atom stereocenters. The lowest BCUT2D eigenvalue weighted by Crippen LogP contribution is -2.16. The van der Waals surface area contributed by atoms with Gasteiger partial charge in [0, 0.05) is 26.3 Å². The lowest BCUT2D eigenvalue weighted by molar-refractivity contribution is -0.116. The second-order valence-electron chi connectivity index (χ2n) is 5.48. The molecule has 0 atom stereocenters. The number of hydrogen-bond acceptors (Lipinski definition) is 7. The molecule has 3 aromatic rings. The van der Waals surface area contributed by atoms with E-state index in [9.17, 15) is 4.79 Å². The predicted octanol–water partition coefficient (Wildman–Crippen LogP) is 3.12. The van der Waals surface area contributed by atoms with Gasteiger partial charge in [0.05, 0.1) is 11.5 Å². The number of carbonyl (C=O) groups is 1. The molecule has 0 spiro atoms. The van der Waals surface area contributed by atoms with Crippen LogP contribution >= 0.6 is 23.6 Å². The number of nitrogens with zero attached hydrogens (tertiary/aromatic N) is 3. The number of amides is 1. The number of carbonyl (C=O) groups excluding carboxylic acids is 1. The van der Waals surface area contributed by atoms with E-state index in [2.05, 4.69) is 20.5 Å². The van der Waals surface area contributed by atoms with Gasteiger partial charge in [-0.1, -0.05) is 6.07 Å². The molecule has 0 aromatic carbocycles. The third kappa shape index (κ3) is 5.00. The molecule has 142 valence electrons. The number of pyridine rings is 1. The van der Waals surface area contributed by atoms with Crippen molar-refractivity contribution < 1.29 is 14.3 Å². The van der Waals surface area contributed by atoms with E-state index in [-0.39, 0.29) is 12.3 Å². The molecule has 8 nitrogen and oxygen atoms in total. The fourth-order valence-corrected chi connectivity index (χ4v) is 3.31. The number of thiophene rings is 1. The standard InChI is InChI=1S/C17H19N5O3S2/c1-24-9-10-25-16-12(4-2-7-18-16)19-14(23)6-8-22-15(20-21-17(22)26)13-5-3-11-27-13/h2-5,7,11H,6,8-10H2,1H3,(H,19,23)(H,21,26). The van der Waals surface area contributed by atoms with E-state index in [0.29, 0.717) is 36.1 Å². The molecular formula is C17H19N5O3S2. The van der Waals surface area contributed by atoms with Crippen molar-refractivity contribution in [2.24, 2.45) is 0 Å². The molecule has 2 N–H and O–H groups in total.